The van der Waals surface area contributed by atoms with Gasteiger partial charge in [0, 0.05) is 50.9 Å². The van der Waals surface area contributed by atoms with E-state index in [9.17, 15) is 9.59 Å². The number of likely N-dealkylation sites (tertiary alicyclic amines) is 1. The fourth-order valence-electron chi connectivity index (χ4n) is 4.74. The van der Waals surface area contributed by atoms with Crippen molar-refractivity contribution in [2.45, 2.75) is 44.3 Å². The van der Waals surface area contributed by atoms with Crippen molar-refractivity contribution in [3.05, 3.63) is 0 Å². The van der Waals surface area contributed by atoms with Gasteiger partial charge in [-0.05, 0) is 25.7 Å². The Morgan fingerprint density at radius 1 is 0.692 bits per heavy atom. The highest BCUT2D eigenvalue weighted by molar-refractivity contribution is 5.81. The van der Waals surface area contributed by atoms with E-state index in [2.05, 4.69) is 0 Å². The van der Waals surface area contributed by atoms with Crippen LogP contribution in [0.4, 0.5) is 0 Å². The van der Waals surface area contributed by atoms with Crippen molar-refractivity contribution in [3.8, 4) is 0 Å². The SMILES string of the molecule is O=C(C1CCC(C(=O)N2CCC3(CC2)OCCO3)CC1)N1CCOCC1. The summed E-state index contributed by atoms with van der Waals surface area (Å²) < 4.78 is 16.8. The molecular formula is C19H30N2O5. The van der Waals surface area contributed by atoms with Crippen molar-refractivity contribution in [1.29, 1.82) is 0 Å². The van der Waals surface area contributed by atoms with E-state index in [0.717, 1.165) is 38.5 Å². The van der Waals surface area contributed by atoms with Crippen molar-refractivity contribution in [2.24, 2.45) is 11.8 Å². The van der Waals surface area contributed by atoms with Gasteiger partial charge < -0.3 is 24.0 Å². The number of hydrogen-bond donors (Lipinski definition) is 0. The molecular weight excluding hydrogens is 336 g/mol. The van der Waals surface area contributed by atoms with Crippen LogP contribution in [0.2, 0.25) is 0 Å². The number of rotatable bonds is 2. The second-order valence-corrected chi connectivity index (χ2v) is 7.92. The van der Waals surface area contributed by atoms with Gasteiger partial charge in [-0.1, -0.05) is 0 Å². The van der Waals surface area contributed by atoms with Gasteiger partial charge in [0.2, 0.25) is 11.8 Å². The van der Waals surface area contributed by atoms with Crippen molar-refractivity contribution in [1.82, 2.24) is 9.80 Å². The molecule has 0 bridgehead atoms. The molecule has 146 valence electrons. The lowest BCUT2D eigenvalue weighted by Crippen LogP contribution is -2.49. The van der Waals surface area contributed by atoms with Gasteiger partial charge in [0.1, 0.15) is 0 Å². The molecule has 3 heterocycles. The van der Waals surface area contributed by atoms with E-state index in [1.165, 1.54) is 0 Å². The minimum atomic E-state index is -0.432. The van der Waals surface area contributed by atoms with Crippen LogP contribution in [0, 0.1) is 11.8 Å². The van der Waals surface area contributed by atoms with Gasteiger partial charge in [-0.25, -0.2) is 0 Å². The number of carbonyl (C=O) groups is 2. The molecule has 1 aliphatic carbocycles. The van der Waals surface area contributed by atoms with E-state index in [-0.39, 0.29) is 23.7 Å². The third-order valence-electron chi connectivity index (χ3n) is 6.40. The molecule has 0 aromatic carbocycles. The highest BCUT2D eigenvalue weighted by Gasteiger charge is 2.42. The van der Waals surface area contributed by atoms with Crippen LogP contribution in [0.25, 0.3) is 0 Å². The molecule has 1 saturated carbocycles. The van der Waals surface area contributed by atoms with Crippen molar-refractivity contribution in [2.75, 3.05) is 52.6 Å². The van der Waals surface area contributed by atoms with E-state index < -0.39 is 5.79 Å². The average Bonchev–Trinajstić information content (AvgIpc) is 3.16. The minimum absolute atomic E-state index is 0.0724. The van der Waals surface area contributed by atoms with E-state index in [0.29, 0.717) is 52.6 Å². The van der Waals surface area contributed by atoms with Crippen LogP contribution in [-0.4, -0.2) is 80.0 Å². The van der Waals surface area contributed by atoms with Gasteiger partial charge in [-0.2, -0.15) is 0 Å². The first-order chi connectivity index (χ1) is 12.7. The molecule has 26 heavy (non-hydrogen) atoms. The number of amides is 2. The second-order valence-electron chi connectivity index (χ2n) is 7.92. The Bertz CT molecular complexity index is 510. The molecule has 1 spiro atoms. The molecule has 4 rings (SSSR count). The molecule has 7 heteroatoms. The van der Waals surface area contributed by atoms with Crippen LogP contribution in [0.15, 0.2) is 0 Å². The summed E-state index contributed by atoms with van der Waals surface area (Å²) in [4.78, 5) is 29.4. The van der Waals surface area contributed by atoms with Crippen LogP contribution in [-0.2, 0) is 23.8 Å². The molecule has 0 N–H and O–H groups in total. The van der Waals surface area contributed by atoms with E-state index in [1.54, 1.807) is 0 Å². The lowest BCUT2D eigenvalue weighted by molar-refractivity contribution is -0.188. The Balaban J connectivity index is 1.24. The zero-order chi connectivity index (χ0) is 18.0. The van der Waals surface area contributed by atoms with Crippen molar-refractivity contribution in [3.63, 3.8) is 0 Å². The number of ether oxygens (including phenoxy) is 3. The van der Waals surface area contributed by atoms with Gasteiger partial charge >= 0.3 is 0 Å². The van der Waals surface area contributed by atoms with E-state index in [4.69, 9.17) is 14.2 Å². The third-order valence-corrected chi connectivity index (χ3v) is 6.40. The lowest BCUT2D eigenvalue weighted by Gasteiger charge is -2.40. The number of hydrogen-bond acceptors (Lipinski definition) is 5. The molecule has 4 aliphatic rings. The molecule has 2 amide bonds. The molecule has 0 aromatic heterocycles. The molecule has 4 fully saturated rings. The van der Waals surface area contributed by atoms with Crippen LogP contribution < -0.4 is 0 Å². The van der Waals surface area contributed by atoms with Crippen molar-refractivity contribution >= 4 is 11.8 Å². The maximum absolute atomic E-state index is 12.9. The minimum Gasteiger partial charge on any atom is -0.378 e. The summed E-state index contributed by atoms with van der Waals surface area (Å²) in [6, 6.07) is 0. The number of carbonyl (C=O) groups excluding carboxylic acids is 2. The number of piperidine rings is 1. The van der Waals surface area contributed by atoms with Crippen LogP contribution in [0.1, 0.15) is 38.5 Å². The molecule has 0 radical (unpaired) electrons. The Labute approximate surface area is 154 Å². The van der Waals surface area contributed by atoms with Crippen LogP contribution in [0.3, 0.4) is 0 Å². The zero-order valence-corrected chi connectivity index (χ0v) is 15.5. The normalized spacial score (nSPS) is 32.0. The topological polar surface area (TPSA) is 68.3 Å². The van der Waals surface area contributed by atoms with Gasteiger partial charge in [-0.15, -0.1) is 0 Å². The summed E-state index contributed by atoms with van der Waals surface area (Å²) in [5.41, 5.74) is 0. The second kappa shape index (κ2) is 7.82. The summed E-state index contributed by atoms with van der Waals surface area (Å²) in [7, 11) is 0. The lowest BCUT2D eigenvalue weighted by atomic mass is 9.80. The molecule has 3 aliphatic heterocycles. The van der Waals surface area contributed by atoms with E-state index >= 15 is 0 Å². The first-order valence-electron chi connectivity index (χ1n) is 10.1. The van der Waals surface area contributed by atoms with E-state index in [1.807, 2.05) is 9.80 Å². The Morgan fingerprint density at radius 2 is 1.15 bits per heavy atom. The fraction of sp³-hybridized carbons (Fsp3) is 0.895. The quantitative estimate of drug-likeness (QED) is 0.730. The zero-order valence-electron chi connectivity index (χ0n) is 15.5. The van der Waals surface area contributed by atoms with Crippen LogP contribution in [0.5, 0.6) is 0 Å². The maximum Gasteiger partial charge on any atom is 0.225 e. The predicted molar refractivity (Wildman–Crippen MR) is 93.3 cm³/mol. The first-order valence-corrected chi connectivity index (χ1v) is 10.1. The highest BCUT2D eigenvalue weighted by Crippen LogP contribution is 2.35. The monoisotopic (exact) mass is 366 g/mol. The predicted octanol–water partition coefficient (Wildman–Crippen LogP) is 1.02. The molecule has 0 atom stereocenters. The number of morpholine rings is 1. The van der Waals surface area contributed by atoms with Gasteiger partial charge in [0.15, 0.2) is 5.79 Å². The summed E-state index contributed by atoms with van der Waals surface area (Å²) in [6.07, 6.45) is 4.85. The number of nitrogens with zero attached hydrogens (tertiary/aromatic N) is 2. The third kappa shape index (κ3) is 3.75. The Kier molecular flexibility index (Phi) is 5.47. The largest absolute Gasteiger partial charge is 0.378 e. The van der Waals surface area contributed by atoms with Crippen molar-refractivity contribution < 1.29 is 23.8 Å². The molecule has 0 unspecified atom stereocenters. The molecule has 0 aromatic rings. The van der Waals surface area contributed by atoms with Gasteiger partial charge in [0.05, 0.1) is 26.4 Å². The van der Waals surface area contributed by atoms with Gasteiger partial charge in [0.25, 0.3) is 0 Å². The molecule has 3 saturated heterocycles. The molecule has 7 nitrogen and oxygen atoms in total. The first kappa shape index (κ1) is 18.2. The average molecular weight is 366 g/mol. The Hall–Kier alpha value is -1.18. The Morgan fingerprint density at radius 3 is 1.65 bits per heavy atom. The standard InChI is InChI=1S/C19H30N2O5/c22-17(20-7-5-19(6-8-20)25-13-14-26-19)15-1-3-16(4-2-15)18(23)21-9-11-24-12-10-21/h15-16H,1-14H2. The smallest absolute Gasteiger partial charge is 0.225 e. The summed E-state index contributed by atoms with van der Waals surface area (Å²) in [6.45, 7) is 5.45. The summed E-state index contributed by atoms with van der Waals surface area (Å²) in [5, 5.41) is 0. The summed E-state index contributed by atoms with van der Waals surface area (Å²) >= 11 is 0. The van der Waals surface area contributed by atoms with Gasteiger partial charge in [-0.3, -0.25) is 9.59 Å². The van der Waals surface area contributed by atoms with Crippen LogP contribution >= 0.6 is 0 Å². The highest BCUT2D eigenvalue weighted by atomic mass is 16.7. The maximum atomic E-state index is 12.9. The fourth-order valence-corrected chi connectivity index (χ4v) is 4.74. The summed E-state index contributed by atoms with van der Waals surface area (Å²) in [5.74, 6) is 0.244.